The Kier molecular flexibility index (Phi) is 5.97. The number of thiophene rings is 1. The fourth-order valence-electron chi connectivity index (χ4n) is 3.07. The van der Waals surface area contributed by atoms with E-state index >= 15 is 0 Å². The molecule has 0 fully saturated rings. The zero-order valence-corrected chi connectivity index (χ0v) is 17.9. The van der Waals surface area contributed by atoms with Crippen molar-refractivity contribution < 1.29 is 22.8 Å². The summed E-state index contributed by atoms with van der Waals surface area (Å²) in [6, 6.07) is 15.7. The number of aromatic nitrogens is 3. The third kappa shape index (κ3) is 4.93. The Morgan fingerprint density at radius 3 is 2.39 bits per heavy atom. The van der Waals surface area contributed by atoms with E-state index in [1.54, 1.807) is 30.3 Å². The molecule has 0 atom stereocenters. The van der Waals surface area contributed by atoms with Crippen molar-refractivity contribution in [2.24, 2.45) is 0 Å². The minimum atomic E-state index is -4.77. The second kappa shape index (κ2) is 8.87. The van der Waals surface area contributed by atoms with E-state index in [2.05, 4.69) is 20.7 Å². The quantitative estimate of drug-likeness (QED) is 0.417. The Hall–Kier alpha value is -3.99. The Morgan fingerprint density at radius 1 is 1.00 bits per heavy atom. The molecule has 2 aromatic heterocycles. The maximum Gasteiger partial charge on any atom is 0.418 e. The summed E-state index contributed by atoms with van der Waals surface area (Å²) in [7, 11) is 0. The van der Waals surface area contributed by atoms with Crippen LogP contribution in [0, 0.1) is 0 Å². The molecule has 168 valence electrons. The number of hydrogen-bond donors (Lipinski definition) is 2. The number of alkyl halides is 3. The van der Waals surface area contributed by atoms with Crippen molar-refractivity contribution in [2.45, 2.75) is 13.1 Å². The van der Waals surface area contributed by atoms with Gasteiger partial charge in [-0.1, -0.05) is 24.3 Å². The van der Waals surface area contributed by atoms with Gasteiger partial charge in [-0.3, -0.25) is 9.59 Å². The molecule has 2 heterocycles. The highest BCUT2D eigenvalue weighted by Gasteiger charge is 2.35. The van der Waals surface area contributed by atoms with Crippen LogP contribution in [0.15, 0.2) is 66.0 Å². The van der Waals surface area contributed by atoms with Gasteiger partial charge in [0.15, 0.2) is 5.82 Å². The lowest BCUT2D eigenvalue weighted by molar-refractivity contribution is -0.137. The molecule has 0 bridgehead atoms. The third-order valence-corrected chi connectivity index (χ3v) is 5.31. The van der Waals surface area contributed by atoms with E-state index in [0.717, 1.165) is 17.0 Å². The van der Waals surface area contributed by atoms with Crippen LogP contribution in [0.2, 0.25) is 0 Å². The summed E-state index contributed by atoms with van der Waals surface area (Å²) in [4.78, 5) is 29.1. The van der Waals surface area contributed by atoms with E-state index in [9.17, 15) is 22.8 Å². The largest absolute Gasteiger partial charge is 0.418 e. The standard InChI is InChI=1S/C22H16F3N5O2S/c1-13(31)26-14-9-10-17(16(12-14)22(23,24)25)27-21(32)19-28-20(18-8-5-11-33-18)30(29-19)15-6-3-2-4-7-15/h2-12H,1H3,(H,26,31)(H,27,32). The van der Waals surface area contributed by atoms with Crippen LogP contribution in [0.25, 0.3) is 16.4 Å². The van der Waals surface area contributed by atoms with Crippen LogP contribution in [0.5, 0.6) is 0 Å². The minimum Gasteiger partial charge on any atom is -0.326 e. The maximum atomic E-state index is 13.6. The van der Waals surface area contributed by atoms with Crippen LogP contribution in [-0.4, -0.2) is 26.6 Å². The predicted molar refractivity (Wildman–Crippen MR) is 118 cm³/mol. The van der Waals surface area contributed by atoms with Gasteiger partial charge in [0.2, 0.25) is 11.7 Å². The van der Waals surface area contributed by atoms with Crippen molar-refractivity contribution in [1.82, 2.24) is 14.8 Å². The summed E-state index contributed by atoms with van der Waals surface area (Å²) >= 11 is 1.39. The fraction of sp³-hybridized carbons (Fsp3) is 0.0909. The van der Waals surface area contributed by atoms with Gasteiger partial charge in [-0.25, -0.2) is 9.67 Å². The monoisotopic (exact) mass is 471 g/mol. The van der Waals surface area contributed by atoms with Gasteiger partial charge >= 0.3 is 6.18 Å². The van der Waals surface area contributed by atoms with Gasteiger partial charge in [0.25, 0.3) is 5.91 Å². The highest BCUT2D eigenvalue weighted by Crippen LogP contribution is 2.37. The third-order valence-electron chi connectivity index (χ3n) is 4.45. The number of benzene rings is 2. The number of rotatable bonds is 5. The van der Waals surface area contributed by atoms with E-state index < -0.39 is 29.2 Å². The van der Waals surface area contributed by atoms with Gasteiger partial charge in [-0.15, -0.1) is 16.4 Å². The second-order valence-corrected chi connectivity index (χ2v) is 7.82. The first-order valence-corrected chi connectivity index (χ1v) is 10.5. The number of anilines is 2. The summed E-state index contributed by atoms with van der Waals surface area (Å²) in [6.45, 7) is 1.18. The predicted octanol–water partition coefficient (Wildman–Crippen LogP) is 5.23. The van der Waals surface area contributed by atoms with Crippen molar-refractivity contribution in [3.8, 4) is 16.4 Å². The fourth-order valence-corrected chi connectivity index (χ4v) is 3.77. The Bertz CT molecular complexity index is 1300. The average molecular weight is 471 g/mol. The zero-order valence-electron chi connectivity index (χ0n) is 17.1. The molecule has 2 aromatic carbocycles. The van der Waals surface area contributed by atoms with Gasteiger partial charge in [-0.05, 0) is 41.8 Å². The number of carbonyl (C=O) groups excluding carboxylic acids is 2. The number of para-hydroxylation sites is 1. The van der Waals surface area contributed by atoms with E-state index in [0.29, 0.717) is 11.5 Å². The van der Waals surface area contributed by atoms with Crippen molar-refractivity contribution in [2.75, 3.05) is 10.6 Å². The Labute approximate surface area is 189 Å². The highest BCUT2D eigenvalue weighted by atomic mass is 32.1. The molecule has 0 saturated carbocycles. The Balaban J connectivity index is 1.70. The van der Waals surface area contributed by atoms with Crippen LogP contribution >= 0.6 is 11.3 Å². The summed E-state index contributed by atoms with van der Waals surface area (Å²) in [6.07, 6.45) is -4.77. The molecular formula is C22H16F3N5O2S. The van der Waals surface area contributed by atoms with E-state index in [4.69, 9.17) is 0 Å². The molecule has 0 unspecified atom stereocenters. The van der Waals surface area contributed by atoms with Crippen LogP contribution in [0.3, 0.4) is 0 Å². The average Bonchev–Trinajstić information content (AvgIpc) is 3.44. The van der Waals surface area contributed by atoms with Gasteiger partial charge in [0.1, 0.15) is 0 Å². The number of amides is 2. The number of carbonyl (C=O) groups is 2. The topological polar surface area (TPSA) is 88.9 Å². The molecule has 33 heavy (non-hydrogen) atoms. The summed E-state index contributed by atoms with van der Waals surface area (Å²) < 4.78 is 42.3. The first kappa shape index (κ1) is 22.2. The molecule has 0 spiro atoms. The Morgan fingerprint density at radius 2 is 1.76 bits per heavy atom. The smallest absolute Gasteiger partial charge is 0.326 e. The second-order valence-electron chi connectivity index (χ2n) is 6.88. The van der Waals surface area contributed by atoms with Crippen LogP contribution in [0.1, 0.15) is 23.1 Å². The highest BCUT2D eigenvalue weighted by molar-refractivity contribution is 7.13. The molecule has 4 aromatic rings. The first-order valence-electron chi connectivity index (χ1n) is 9.59. The molecule has 0 aliphatic carbocycles. The molecule has 11 heteroatoms. The van der Waals surface area contributed by atoms with E-state index in [1.807, 2.05) is 17.5 Å². The lowest BCUT2D eigenvalue weighted by Crippen LogP contribution is -2.18. The molecular weight excluding hydrogens is 455 g/mol. The van der Waals surface area contributed by atoms with E-state index in [-0.39, 0.29) is 11.5 Å². The normalized spacial score (nSPS) is 11.3. The summed E-state index contributed by atoms with van der Waals surface area (Å²) in [5.74, 6) is -1.32. The molecule has 2 amide bonds. The van der Waals surface area contributed by atoms with Gasteiger partial charge < -0.3 is 10.6 Å². The van der Waals surface area contributed by atoms with Crippen molar-refractivity contribution in [3.63, 3.8) is 0 Å². The summed E-state index contributed by atoms with van der Waals surface area (Å²) in [5, 5.41) is 10.6. The molecule has 7 nitrogen and oxygen atoms in total. The van der Waals surface area contributed by atoms with Gasteiger partial charge in [0.05, 0.1) is 21.8 Å². The lowest BCUT2D eigenvalue weighted by Gasteiger charge is -2.15. The molecule has 0 aliphatic rings. The first-order chi connectivity index (χ1) is 15.7. The van der Waals surface area contributed by atoms with Gasteiger partial charge in [0, 0.05) is 12.6 Å². The van der Waals surface area contributed by atoms with Crippen LogP contribution < -0.4 is 10.6 Å². The van der Waals surface area contributed by atoms with Crippen molar-refractivity contribution >= 4 is 34.5 Å². The molecule has 0 saturated heterocycles. The number of hydrogen-bond acceptors (Lipinski definition) is 5. The van der Waals surface area contributed by atoms with Gasteiger partial charge in [-0.2, -0.15) is 13.2 Å². The number of halogens is 3. The molecule has 0 aliphatic heterocycles. The maximum absolute atomic E-state index is 13.6. The van der Waals surface area contributed by atoms with E-state index in [1.165, 1.54) is 29.0 Å². The summed E-state index contributed by atoms with van der Waals surface area (Å²) in [5.41, 5.74) is -0.985. The number of nitrogens with zero attached hydrogens (tertiary/aromatic N) is 3. The van der Waals surface area contributed by atoms with Crippen LogP contribution in [-0.2, 0) is 11.0 Å². The zero-order chi connectivity index (χ0) is 23.6. The molecule has 4 rings (SSSR count). The number of nitrogens with one attached hydrogen (secondary N) is 2. The SMILES string of the molecule is CC(=O)Nc1ccc(NC(=O)c2nc(-c3cccs3)n(-c3ccccc3)n2)c(C(F)(F)F)c1. The van der Waals surface area contributed by atoms with Crippen LogP contribution in [0.4, 0.5) is 24.5 Å². The minimum absolute atomic E-state index is 0.0423. The molecule has 0 radical (unpaired) electrons. The molecule has 2 N–H and O–H groups in total. The van der Waals surface area contributed by atoms with Crippen molar-refractivity contribution in [1.29, 1.82) is 0 Å². The van der Waals surface area contributed by atoms with Crippen molar-refractivity contribution in [3.05, 3.63) is 77.4 Å². The lowest BCUT2D eigenvalue weighted by atomic mass is 10.1.